The Balaban J connectivity index is 1.72. The lowest BCUT2D eigenvalue weighted by Crippen LogP contribution is -2.27. The van der Waals surface area contributed by atoms with Gasteiger partial charge in [-0.25, -0.2) is 13.2 Å². The lowest BCUT2D eigenvalue weighted by molar-refractivity contribution is -0.164. The number of halogens is 3. The molecule has 0 spiro atoms. The third-order valence-corrected chi connectivity index (χ3v) is 5.80. The topological polar surface area (TPSA) is 18.5 Å². The normalized spacial score (nSPS) is 19.2. The van der Waals surface area contributed by atoms with E-state index >= 15 is 0 Å². The zero-order valence-corrected chi connectivity index (χ0v) is 17.9. The molecule has 1 aliphatic heterocycles. The van der Waals surface area contributed by atoms with Gasteiger partial charge in [0.05, 0.1) is 6.61 Å². The van der Waals surface area contributed by atoms with Gasteiger partial charge in [-0.2, -0.15) is 0 Å². The van der Waals surface area contributed by atoms with E-state index in [1.807, 2.05) is 6.92 Å². The highest BCUT2D eigenvalue weighted by Crippen LogP contribution is 2.34. The average Bonchev–Trinajstić information content (AvgIpc) is 2.75. The number of aryl methyl sites for hydroxylation is 1. The van der Waals surface area contributed by atoms with Crippen LogP contribution in [0.4, 0.5) is 13.2 Å². The Morgan fingerprint density at radius 2 is 1.80 bits per heavy atom. The molecule has 3 rings (SSSR count). The fourth-order valence-electron chi connectivity index (χ4n) is 4.06. The van der Waals surface area contributed by atoms with E-state index in [0.717, 1.165) is 32.1 Å². The fourth-order valence-corrected chi connectivity index (χ4v) is 4.06. The van der Waals surface area contributed by atoms with Crippen LogP contribution in [0.1, 0.15) is 69.4 Å². The summed E-state index contributed by atoms with van der Waals surface area (Å²) in [5.41, 5.74) is 1.36. The van der Waals surface area contributed by atoms with Crippen molar-refractivity contribution in [2.24, 2.45) is 0 Å². The third kappa shape index (κ3) is 5.44. The summed E-state index contributed by atoms with van der Waals surface area (Å²) in [6, 6.07) is 7.79. The Bertz CT molecular complexity index is 829. The molecule has 0 N–H and O–H groups in total. The van der Waals surface area contributed by atoms with Crippen molar-refractivity contribution in [2.75, 3.05) is 13.2 Å². The van der Waals surface area contributed by atoms with Crippen LogP contribution >= 0.6 is 0 Å². The molecule has 164 valence electrons. The van der Waals surface area contributed by atoms with Crippen LogP contribution in [-0.4, -0.2) is 19.5 Å². The Kier molecular flexibility index (Phi) is 8.34. The average molecular weight is 421 g/mol. The summed E-state index contributed by atoms with van der Waals surface area (Å²) in [6.45, 7) is 4.99. The number of hydrogen-bond acceptors (Lipinski definition) is 2. The molecule has 2 aromatic rings. The summed E-state index contributed by atoms with van der Waals surface area (Å²) in [7, 11) is 0. The first-order valence-electron chi connectivity index (χ1n) is 11.0. The van der Waals surface area contributed by atoms with E-state index in [4.69, 9.17) is 9.47 Å². The van der Waals surface area contributed by atoms with Gasteiger partial charge in [0.1, 0.15) is 5.82 Å². The summed E-state index contributed by atoms with van der Waals surface area (Å²) < 4.78 is 55.1. The SMILES string of the molecule is CCCCCCc1ccc(-c2ccc(C3CCC(OCC)OC3)c(F)c2)c(F)c1F. The van der Waals surface area contributed by atoms with E-state index < -0.39 is 17.5 Å². The van der Waals surface area contributed by atoms with Crippen LogP contribution in [0.2, 0.25) is 0 Å². The van der Waals surface area contributed by atoms with Gasteiger partial charge in [0.25, 0.3) is 0 Å². The molecule has 0 bridgehead atoms. The molecule has 0 saturated carbocycles. The van der Waals surface area contributed by atoms with Gasteiger partial charge in [0.15, 0.2) is 17.9 Å². The highest BCUT2D eigenvalue weighted by atomic mass is 19.2. The molecule has 0 aliphatic carbocycles. The van der Waals surface area contributed by atoms with Gasteiger partial charge < -0.3 is 9.47 Å². The number of benzene rings is 2. The maximum atomic E-state index is 14.8. The Hall–Kier alpha value is -1.85. The first-order chi connectivity index (χ1) is 14.5. The Morgan fingerprint density at radius 1 is 0.967 bits per heavy atom. The molecule has 1 heterocycles. The van der Waals surface area contributed by atoms with Crippen molar-refractivity contribution in [3.63, 3.8) is 0 Å². The van der Waals surface area contributed by atoms with Crippen molar-refractivity contribution in [3.05, 3.63) is 58.9 Å². The maximum absolute atomic E-state index is 14.8. The van der Waals surface area contributed by atoms with Crippen molar-refractivity contribution in [3.8, 4) is 11.1 Å². The van der Waals surface area contributed by atoms with Crippen molar-refractivity contribution < 1.29 is 22.6 Å². The lowest BCUT2D eigenvalue weighted by Gasteiger charge is -2.29. The fraction of sp³-hybridized carbons (Fsp3) is 0.520. The van der Waals surface area contributed by atoms with Crippen molar-refractivity contribution in [2.45, 2.75) is 71.0 Å². The van der Waals surface area contributed by atoms with Gasteiger partial charge in [-0.05, 0) is 55.4 Å². The number of rotatable bonds is 9. The molecule has 2 atom stereocenters. The molecular formula is C25H31F3O2. The van der Waals surface area contributed by atoms with Gasteiger partial charge in [-0.3, -0.25) is 0 Å². The molecule has 0 amide bonds. The van der Waals surface area contributed by atoms with Gasteiger partial charge in [0, 0.05) is 18.1 Å². The summed E-state index contributed by atoms with van der Waals surface area (Å²) in [4.78, 5) is 0. The second-order valence-electron chi connectivity index (χ2n) is 7.94. The van der Waals surface area contributed by atoms with E-state index in [9.17, 15) is 13.2 Å². The second kappa shape index (κ2) is 11.0. The largest absolute Gasteiger partial charge is 0.353 e. The van der Waals surface area contributed by atoms with E-state index in [1.54, 1.807) is 24.3 Å². The van der Waals surface area contributed by atoms with Crippen LogP contribution in [0, 0.1) is 17.5 Å². The predicted octanol–water partition coefficient (Wildman–Crippen LogP) is 7.15. The van der Waals surface area contributed by atoms with Gasteiger partial charge in [0.2, 0.25) is 0 Å². The van der Waals surface area contributed by atoms with Gasteiger partial charge in [-0.15, -0.1) is 0 Å². The minimum absolute atomic E-state index is 0.0668. The number of unbranched alkanes of at least 4 members (excludes halogenated alkanes) is 3. The van der Waals surface area contributed by atoms with Crippen molar-refractivity contribution in [1.82, 2.24) is 0 Å². The molecule has 0 aromatic heterocycles. The summed E-state index contributed by atoms with van der Waals surface area (Å²) in [6.07, 6.45) is 5.77. The maximum Gasteiger partial charge on any atom is 0.166 e. The van der Waals surface area contributed by atoms with Crippen LogP contribution in [0.15, 0.2) is 30.3 Å². The van der Waals surface area contributed by atoms with E-state index in [0.29, 0.717) is 42.7 Å². The van der Waals surface area contributed by atoms with Crippen LogP contribution in [0.25, 0.3) is 11.1 Å². The molecule has 30 heavy (non-hydrogen) atoms. The summed E-state index contributed by atoms with van der Waals surface area (Å²) in [5.74, 6) is -2.21. The molecule has 5 heteroatoms. The number of hydrogen-bond donors (Lipinski definition) is 0. The molecule has 2 unspecified atom stereocenters. The van der Waals surface area contributed by atoms with Crippen molar-refractivity contribution >= 4 is 0 Å². The zero-order valence-electron chi connectivity index (χ0n) is 17.9. The van der Waals surface area contributed by atoms with Crippen LogP contribution in [-0.2, 0) is 15.9 Å². The monoisotopic (exact) mass is 420 g/mol. The Morgan fingerprint density at radius 3 is 2.47 bits per heavy atom. The predicted molar refractivity (Wildman–Crippen MR) is 113 cm³/mol. The van der Waals surface area contributed by atoms with Gasteiger partial charge in [-0.1, -0.05) is 50.5 Å². The first-order valence-corrected chi connectivity index (χ1v) is 11.0. The van der Waals surface area contributed by atoms with E-state index in [-0.39, 0.29) is 17.8 Å². The van der Waals surface area contributed by atoms with Crippen LogP contribution in [0.5, 0.6) is 0 Å². The smallest absolute Gasteiger partial charge is 0.166 e. The molecule has 2 aromatic carbocycles. The number of ether oxygens (including phenoxy) is 2. The Labute approximate surface area is 177 Å². The standard InChI is InChI=1S/C25H31F3O2/c1-3-5-6-7-8-17-9-13-21(25(28)24(17)27)18-10-12-20(22(26)15-18)19-11-14-23(29-4-2)30-16-19/h9-10,12-13,15,19,23H,3-8,11,14,16H2,1-2H3. The molecule has 2 nitrogen and oxygen atoms in total. The molecule has 0 radical (unpaired) electrons. The molecule has 1 aliphatic rings. The quantitative estimate of drug-likeness (QED) is 0.401. The summed E-state index contributed by atoms with van der Waals surface area (Å²) >= 11 is 0. The summed E-state index contributed by atoms with van der Waals surface area (Å²) in [5, 5.41) is 0. The van der Waals surface area contributed by atoms with E-state index in [1.165, 1.54) is 6.07 Å². The molecule has 1 fully saturated rings. The minimum atomic E-state index is -0.907. The highest BCUT2D eigenvalue weighted by molar-refractivity contribution is 5.65. The highest BCUT2D eigenvalue weighted by Gasteiger charge is 2.25. The van der Waals surface area contributed by atoms with Crippen molar-refractivity contribution in [1.29, 1.82) is 0 Å². The van der Waals surface area contributed by atoms with Gasteiger partial charge >= 0.3 is 0 Å². The third-order valence-electron chi connectivity index (χ3n) is 5.80. The lowest BCUT2D eigenvalue weighted by atomic mass is 9.90. The molecule has 1 saturated heterocycles. The second-order valence-corrected chi connectivity index (χ2v) is 7.94. The van der Waals surface area contributed by atoms with E-state index in [2.05, 4.69) is 6.92 Å². The van der Waals surface area contributed by atoms with Crippen LogP contribution in [0.3, 0.4) is 0 Å². The first kappa shape index (κ1) is 22.8. The zero-order chi connectivity index (χ0) is 21.5. The minimum Gasteiger partial charge on any atom is -0.353 e. The van der Waals surface area contributed by atoms with Crippen LogP contribution < -0.4 is 0 Å². The molecular weight excluding hydrogens is 389 g/mol.